The Bertz CT molecular complexity index is 1070. The highest BCUT2D eigenvalue weighted by Crippen LogP contribution is 2.11. The van der Waals surface area contributed by atoms with Gasteiger partial charge in [0, 0.05) is 6.20 Å². The molecule has 0 aliphatic carbocycles. The number of hydrazone groups is 1. The fourth-order valence-electron chi connectivity index (χ4n) is 2.82. The molecule has 0 bridgehead atoms. The molecule has 0 saturated heterocycles. The molecule has 6 nitrogen and oxygen atoms in total. The fourth-order valence-corrected chi connectivity index (χ4v) is 2.82. The largest absolute Gasteiger partial charge is 0.494 e. The number of rotatable bonds is 8. The molecule has 0 radical (unpaired) electrons. The number of hydrogen-bond donors (Lipinski definition) is 1. The van der Waals surface area contributed by atoms with Gasteiger partial charge in [0.15, 0.2) is 0 Å². The zero-order chi connectivity index (χ0) is 21.3. The number of pyridine rings is 1. The predicted molar refractivity (Wildman–Crippen MR) is 118 cm³/mol. The van der Waals surface area contributed by atoms with Crippen molar-refractivity contribution in [3.63, 3.8) is 0 Å². The van der Waals surface area contributed by atoms with Crippen LogP contribution in [0.3, 0.4) is 0 Å². The molecule has 1 amide bonds. The summed E-state index contributed by atoms with van der Waals surface area (Å²) in [7, 11) is 0. The number of nitrogens with one attached hydrogen (secondary N) is 1. The summed E-state index contributed by atoms with van der Waals surface area (Å²) < 4.78 is 7.04. The Kier molecular flexibility index (Phi) is 7.16. The summed E-state index contributed by atoms with van der Waals surface area (Å²) >= 11 is 0. The topological polar surface area (TPSA) is 72.7 Å². The summed E-state index contributed by atoms with van der Waals surface area (Å²) in [6.45, 7) is 5.13. The average molecular weight is 403 g/mol. The van der Waals surface area contributed by atoms with E-state index >= 15 is 0 Å². The van der Waals surface area contributed by atoms with Crippen LogP contribution < -0.4 is 15.7 Å². The van der Waals surface area contributed by atoms with Crippen LogP contribution in [0.1, 0.15) is 40.4 Å². The van der Waals surface area contributed by atoms with E-state index in [-0.39, 0.29) is 11.1 Å². The van der Waals surface area contributed by atoms with Crippen LogP contribution in [0, 0.1) is 6.92 Å². The normalized spacial score (nSPS) is 10.9. The van der Waals surface area contributed by atoms with Crippen molar-refractivity contribution in [3.05, 3.63) is 99.5 Å². The van der Waals surface area contributed by atoms with E-state index in [9.17, 15) is 9.59 Å². The van der Waals surface area contributed by atoms with Gasteiger partial charge in [-0.2, -0.15) is 5.10 Å². The van der Waals surface area contributed by atoms with Crippen LogP contribution in [0.5, 0.6) is 5.75 Å². The number of hydrogen-bond acceptors (Lipinski definition) is 4. The van der Waals surface area contributed by atoms with Crippen molar-refractivity contribution < 1.29 is 9.53 Å². The minimum atomic E-state index is -0.544. The number of amides is 1. The number of carbonyl (C=O) groups is 1. The van der Waals surface area contributed by atoms with E-state index in [4.69, 9.17) is 4.74 Å². The van der Waals surface area contributed by atoms with E-state index in [1.165, 1.54) is 16.8 Å². The molecule has 0 atom stereocenters. The van der Waals surface area contributed by atoms with Crippen molar-refractivity contribution in [2.45, 2.75) is 26.8 Å². The van der Waals surface area contributed by atoms with Crippen LogP contribution in [0.15, 0.2) is 76.8 Å². The van der Waals surface area contributed by atoms with E-state index in [2.05, 4.69) is 10.5 Å². The van der Waals surface area contributed by atoms with Crippen LogP contribution in [0.4, 0.5) is 0 Å². The fraction of sp³-hybridized carbons (Fsp3) is 0.208. The molecule has 3 aromatic rings. The van der Waals surface area contributed by atoms with Crippen LogP contribution in [0.2, 0.25) is 0 Å². The number of ether oxygens (including phenoxy) is 1. The molecule has 30 heavy (non-hydrogen) atoms. The van der Waals surface area contributed by atoms with Crippen molar-refractivity contribution in [3.8, 4) is 5.75 Å². The minimum absolute atomic E-state index is 0.0464. The van der Waals surface area contributed by atoms with Crippen molar-refractivity contribution in [2.75, 3.05) is 6.61 Å². The van der Waals surface area contributed by atoms with Crippen LogP contribution in [-0.2, 0) is 6.54 Å². The molecule has 1 heterocycles. The molecule has 0 aliphatic heterocycles. The zero-order valence-corrected chi connectivity index (χ0v) is 17.2. The highest BCUT2D eigenvalue weighted by Gasteiger charge is 2.11. The maximum atomic E-state index is 12.7. The summed E-state index contributed by atoms with van der Waals surface area (Å²) in [6.07, 6.45) is 4.14. The number of carbonyl (C=O) groups excluding carboxylic acids is 1. The third kappa shape index (κ3) is 5.67. The molecule has 0 unspecified atom stereocenters. The Morgan fingerprint density at radius 3 is 2.53 bits per heavy atom. The standard InChI is InChI=1S/C24H25N3O3/c1-3-15-30-21-12-10-19(11-13-21)16-25-26-23(28)22-5-4-14-27(24(22)29)17-20-8-6-18(2)7-9-20/h4-14,16H,3,15,17H2,1-2H3,(H,26,28)/b25-16-. The van der Waals surface area contributed by atoms with Crippen LogP contribution in [-0.4, -0.2) is 23.3 Å². The van der Waals surface area contributed by atoms with Crippen LogP contribution in [0.25, 0.3) is 0 Å². The van der Waals surface area contributed by atoms with Gasteiger partial charge in [-0.25, -0.2) is 5.43 Å². The molecule has 0 fully saturated rings. The Morgan fingerprint density at radius 1 is 1.10 bits per heavy atom. The van der Waals surface area contributed by atoms with Gasteiger partial charge in [0.25, 0.3) is 11.5 Å². The van der Waals surface area contributed by atoms with E-state index in [0.717, 1.165) is 28.9 Å². The van der Waals surface area contributed by atoms with Gasteiger partial charge in [0.05, 0.1) is 19.4 Å². The van der Waals surface area contributed by atoms with E-state index in [0.29, 0.717) is 13.2 Å². The highest BCUT2D eigenvalue weighted by molar-refractivity contribution is 5.94. The Balaban J connectivity index is 1.64. The molecular weight excluding hydrogens is 378 g/mol. The minimum Gasteiger partial charge on any atom is -0.494 e. The van der Waals surface area contributed by atoms with Crippen molar-refractivity contribution >= 4 is 12.1 Å². The predicted octanol–water partition coefficient (Wildman–Crippen LogP) is 3.76. The van der Waals surface area contributed by atoms with Crippen molar-refractivity contribution in [1.29, 1.82) is 0 Å². The van der Waals surface area contributed by atoms with Gasteiger partial charge in [-0.15, -0.1) is 0 Å². The molecule has 0 spiro atoms. The Hall–Kier alpha value is -3.67. The first-order valence-corrected chi connectivity index (χ1v) is 9.88. The smallest absolute Gasteiger partial charge is 0.276 e. The highest BCUT2D eigenvalue weighted by atomic mass is 16.5. The number of benzene rings is 2. The van der Waals surface area contributed by atoms with Gasteiger partial charge in [-0.3, -0.25) is 9.59 Å². The van der Waals surface area contributed by atoms with Crippen molar-refractivity contribution in [2.24, 2.45) is 5.10 Å². The second-order valence-corrected chi connectivity index (χ2v) is 6.96. The van der Waals surface area contributed by atoms with E-state index < -0.39 is 5.91 Å². The summed E-state index contributed by atoms with van der Waals surface area (Å²) in [5, 5.41) is 3.96. The summed E-state index contributed by atoms with van der Waals surface area (Å²) in [5.41, 5.74) is 5.06. The summed E-state index contributed by atoms with van der Waals surface area (Å²) in [4.78, 5) is 25.1. The zero-order valence-electron chi connectivity index (χ0n) is 17.2. The average Bonchev–Trinajstić information content (AvgIpc) is 2.76. The maximum Gasteiger partial charge on any atom is 0.276 e. The molecule has 6 heteroatoms. The lowest BCUT2D eigenvalue weighted by Gasteiger charge is -2.08. The molecule has 3 rings (SSSR count). The van der Waals surface area contributed by atoms with Crippen LogP contribution >= 0.6 is 0 Å². The second kappa shape index (κ2) is 10.2. The first-order chi connectivity index (χ1) is 14.6. The molecule has 0 saturated carbocycles. The molecule has 2 aromatic carbocycles. The van der Waals surface area contributed by atoms with Gasteiger partial charge >= 0.3 is 0 Å². The lowest BCUT2D eigenvalue weighted by molar-refractivity contribution is 0.0953. The monoisotopic (exact) mass is 403 g/mol. The van der Waals surface area contributed by atoms with Crippen molar-refractivity contribution in [1.82, 2.24) is 9.99 Å². The lowest BCUT2D eigenvalue weighted by Crippen LogP contribution is -2.30. The molecular formula is C24H25N3O3. The third-order valence-corrected chi connectivity index (χ3v) is 4.47. The lowest BCUT2D eigenvalue weighted by atomic mass is 10.1. The quantitative estimate of drug-likeness (QED) is 0.460. The molecule has 154 valence electrons. The third-order valence-electron chi connectivity index (χ3n) is 4.47. The van der Waals surface area contributed by atoms with Gasteiger partial charge in [-0.05, 0) is 60.9 Å². The first kappa shape index (κ1) is 21.0. The maximum absolute atomic E-state index is 12.7. The Labute approximate surface area is 175 Å². The summed E-state index contributed by atoms with van der Waals surface area (Å²) in [6, 6.07) is 18.5. The first-order valence-electron chi connectivity index (χ1n) is 9.88. The summed E-state index contributed by atoms with van der Waals surface area (Å²) in [5.74, 6) is 0.244. The van der Waals surface area contributed by atoms with Gasteiger partial charge in [0.2, 0.25) is 0 Å². The molecule has 1 N–H and O–H groups in total. The van der Waals surface area contributed by atoms with Gasteiger partial charge in [-0.1, -0.05) is 36.8 Å². The number of nitrogens with zero attached hydrogens (tertiary/aromatic N) is 2. The molecule has 0 aliphatic rings. The van der Waals surface area contributed by atoms with Gasteiger partial charge < -0.3 is 9.30 Å². The number of aromatic nitrogens is 1. The molecule has 1 aromatic heterocycles. The van der Waals surface area contributed by atoms with Gasteiger partial charge in [0.1, 0.15) is 11.3 Å². The number of aryl methyl sites for hydroxylation is 1. The second-order valence-electron chi connectivity index (χ2n) is 6.96. The van der Waals surface area contributed by atoms with E-state index in [1.54, 1.807) is 12.3 Å². The SMILES string of the molecule is CCCOc1ccc(/C=N\NC(=O)c2cccn(Cc3ccc(C)cc3)c2=O)cc1. The Morgan fingerprint density at radius 2 is 1.83 bits per heavy atom. The van der Waals surface area contributed by atoms with E-state index in [1.807, 2.05) is 62.4 Å².